The highest BCUT2D eigenvalue weighted by Crippen LogP contribution is 2.22. The lowest BCUT2D eigenvalue weighted by atomic mass is 10.4. The molecule has 0 unspecified atom stereocenters. The maximum atomic E-state index is 12.7. The number of aromatic nitrogens is 3. The predicted octanol–water partition coefficient (Wildman–Crippen LogP) is 3.19. The second-order valence-corrected chi connectivity index (χ2v) is 5.44. The average Bonchev–Trinajstić information content (AvgIpc) is 2.91. The van der Waals surface area contributed by atoms with Gasteiger partial charge in [0, 0.05) is 9.75 Å². The molecule has 0 aliphatic carbocycles. The first kappa shape index (κ1) is 13.2. The largest absolute Gasteiger partial charge is 0.299 e. The molecule has 0 spiro atoms. The van der Waals surface area contributed by atoms with Gasteiger partial charge in [-0.05, 0) is 25.3 Å². The first-order valence-corrected chi connectivity index (χ1v) is 7.04. The molecule has 0 aliphatic rings. The fourth-order valence-electron chi connectivity index (χ4n) is 1.29. The van der Waals surface area contributed by atoms with Crippen molar-refractivity contribution < 1.29 is 8.78 Å². The van der Waals surface area contributed by atoms with Gasteiger partial charge < -0.3 is 0 Å². The Labute approximate surface area is 111 Å². The third kappa shape index (κ3) is 2.75. The summed E-state index contributed by atoms with van der Waals surface area (Å²) in [4.78, 5) is 2.04. The quantitative estimate of drug-likeness (QED) is 0.641. The molecule has 0 N–H and O–H groups in total. The van der Waals surface area contributed by atoms with Gasteiger partial charge in [-0.15, -0.1) is 21.5 Å². The number of thiophene rings is 1. The molecule has 0 bridgehead atoms. The van der Waals surface area contributed by atoms with Crippen LogP contribution in [0.25, 0.3) is 0 Å². The molecule has 2 aromatic rings. The Bertz CT molecular complexity index is 562. The van der Waals surface area contributed by atoms with E-state index >= 15 is 0 Å². The Hall–Kier alpha value is -1.28. The predicted molar refractivity (Wildman–Crippen MR) is 68.8 cm³/mol. The van der Waals surface area contributed by atoms with Gasteiger partial charge in [0.05, 0.1) is 6.21 Å². The van der Waals surface area contributed by atoms with E-state index in [2.05, 4.69) is 15.3 Å². The summed E-state index contributed by atoms with van der Waals surface area (Å²) in [6, 6.07) is 3.83. The summed E-state index contributed by atoms with van der Waals surface area (Å²) in [5.74, 6) is -0.441. The van der Waals surface area contributed by atoms with Crippen LogP contribution >= 0.6 is 23.1 Å². The van der Waals surface area contributed by atoms with Crippen molar-refractivity contribution in [3.05, 3.63) is 27.7 Å². The zero-order valence-corrected chi connectivity index (χ0v) is 11.3. The Morgan fingerprint density at radius 1 is 1.44 bits per heavy atom. The summed E-state index contributed by atoms with van der Waals surface area (Å²) in [5, 5.41) is 11.5. The Morgan fingerprint density at radius 2 is 2.22 bits per heavy atom. The molecule has 0 radical (unpaired) electrons. The Balaban J connectivity index is 2.32. The van der Waals surface area contributed by atoms with Gasteiger partial charge in [-0.1, -0.05) is 11.8 Å². The van der Waals surface area contributed by atoms with E-state index in [1.165, 1.54) is 29.3 Å². The molecule has 0 amide bonds. The van der Waals surface area contributed by atoms with Crippen molar-refractivity contribution in [3.63, 3.8) is 0 Å². The highest BCUT2D eigenvalue weighted by Gasteiger charge is 2.19. The van der Waals surface area contributed by atoms with Crippen LogP contribution in [0.5, 0.6) is 0 Å². The van der Waals surface area contributed by atoms with Gasteiger partial charge in [0.15, 0.2) is 0 Å². The van der Waals surface area contributed by atoms with E-state index in [-0.39, 0.29) is 0 Å². The minimum Gasteiger partial charge on any atom is -0.201 e. The van der Waals surface area contributed by atoms with Gasteiger partial charge in [-0.25, -0.2) is 8.78 Å². The summed E-state index contributed by atoms with van der Waals surface area (Å²) in [6.45, 7) is 1.97. The lowest BCUT2D eigenvalue weighted by Gasteiger charge is -2.00. The van der Waals surface area contributed by atoms with Crippen LogP contribution in [0, 0.1) is 6.92 Å². The van der Waals surface area contributed by atoms with E-state index in [1.807, 2.05) is 19.1 Å². The van der Waals surface area contributed by atoms with Crippen molar-refractivity contribution in [1.82, 2.24) is 14.9 Å². The van der Waals surface area contributed by atoms with Crippen molar-refractivity contribution in [3.8, 4) is 0 Å². The molecule has 0 atom stereocenters. The standard InChI is InChI=1S/C10H10F2N4S2/c1-6-3-4-7(18-6)5-13-16-9(8(11)12)14-15-10(16)17-2/h3-5,8H,1-2H3/b13-5+. The van der Waals surface area contributed by atoms with Gasteiger partial charge in [-0.3, -0.25) is 0 Å². The summed E-state index contributed by atoms with van der Waals surface area (Å²) >= 11 is 2.76. The maximum absolute atomic E-state index is 12.7. The molecule has 0 aliphatic heterocycles. The van der Waals surface area contributed by atoms with Crippen LogP contribution in [0.1, 0.15) is 22.0 Å². The summed E-state index contributed by atoms with van der Waals surface area (Å²) in [6.07, 6.45) is 0.577. The van der Waals surface area contributed by atoms with Crippen LogP contribution in [0.4, 0.5) is 8.78 Å². The summed E-state index contributed by atoms with van der Waals surface area (Å²) in [7, 11) is 0. The minimum absolute atomic E-state index is 0.342. The minimum atomic E-state index is -2.69. The van der Waals surface area contributed by atoms with E-state index < -0.39 is 12.2 Å². The van der Waals surface area contributed by atoms with E-state index in [0.717, 1.165) is 14.4 Å². The maximum Gasteiger partial charge on any atom is 0.299 e. The van der Waals surface area contributed by atoms with Crippen molar-refractivity contribution in [2.75, 3.05) is 6.26 Å². The van der Waals surface area contributed by atoms with Crippen molar-refractivity contribution >= 4 is 29.3 Å². The fourth-order valence-corrected chi connectivity index (χ4v) is 2.47. The Morgan fingerprint density at radius 3 is 2.78 bits per heavy atom. The van der Waals surface area contributed by atoms with Crippen LogP contribution in [-0.4, -0.2) is 27.3 Å². The molecular weight excluding hydrogens is 278 g/mol. The number of thioether (sulfide) groups is 1. The number of rotatable bonds is 4. The number of alkyl halides is 2. The second kappa shape index (κ2) is 5.57. The monoisotopic (exact) mass is 288 g/mol. The first-order chi connectivity index (χ1) is 8.61. The number of halogens is 2. The zero-order valence-electron chi connectivity index (χ0n) is 9.67. The van der Waals surface area contributed by atoms with Gasteiger partial charge in [0.1, 0.15) is 0 Å². The lowest BCUT2D eigenvalue weighted by Crippen LogP contribution is -2.00. The van der Waals surface area contributed by atoms with Crippen LogP contribution in [0.15, 0.2) is 22.4 Å². The highest BCUT2D eigenvalue weighted by molar-refractivity contribution is 7.98. The Kier molecular flexibility index (Phi) is 4.07. The third-order valence-corrected chi connectivity index (χ3v) is 3.63. The molecule has 2 aromatic heterocycles. The van der Waals surface area contributed by atoms with Gasteiger partial charge in [-0.2, -0.15) is 9.78 Å². The molecule has 96 valence electrons. The van der Waals surface area contributed by atoms with Crippen LogP contribution in [-0.2, 0) is 0 Å². The van der Waals surface area contributed by atoms with Crippen molar-refractivity contribution in [2.24, 2.45) is 5.10 Å². The van der Waals surface area contributed by atoms with E-state index in [9.17, 15) is 8.78 Å². The molecular formula is C10H10F2N4S2. The smallest absolute Gasteiger partial charge is 0.201 e. The molecule has 4 nitrogen and oxygen atoms in total. The number of nitrogens with zero attached hydrogens (tertiary/aromatic N) is 4. The molecule has 0 saturated carbocycles. The fraction of sp³-hybridized carbons (Fsp3) is 0.300. The van der Waals surface area contributed by atoms with Gasteiger partial charge in [0.2, 0.25) is 11.0 Å². The van der Waals surface area contributed by atoms with E-state index in [4.69, 9.17) is 0 Å². The van der Waals surface area contributed by atoms with Crippen LogP contribution in [0.2, 0.25) is 0 Å². The van der Waals surface area contributed by atoms with E-state index in [1.54, 1.807) is 6.26 Å². The molecule has 8 heteroatoms. The molecule has 0 saturated heterocycles. The molecule has 2 rings (SSSR count). The molecule has 0 aromatic carbocycles. The topological polar surface area (TPSA) is 43.1 Å². The number of aryl methyl sites for hydroxylation is 1. The van der Waals surface area contributed by atoms with Crippen LogP contribution < -0.4 is 0 Å². The number of hydrogen-bond acceptors (Lipinski definition) is 5. The number of hydrogen-bond donors (Lipinski definition) is 0. The molecule has 18 heavy (non-hydrogen) atoms. The summed E-state index contributed by atoms with van der Waals surface area (Å²) < 4.78 is 26.5. The lowest BCUT2D eigenvalue weighted by molar-refractivity contribution is 0.135. The van der Waals surface area contributed by atoms with E-state index in [0.29, 0.717) is 5.16 Å². The second-order valence-electron chi connectivity index (χ2n) is 3.35. The summed E-state index contributed by atoms with van der Waals surface area (Å²) in [5.41, 5.74) is 0. The van der Waals surface area contributed by atoms with Gasteiger partial charge >= 0.3 is 0 Å². The molecule has 0 fully saturated rings. The normalized spacial score (nSPS) is 11.8. The first-order valence-electron chi connectivity index (χ1n) is 5.00. The highest BCUT2D eigenvalue weighted by atomic mass is 32.2. The molecule has 2 heterocycles. The van der Waals surface area contributed by atoms with Crippen LogP contribution in [0.3, 0.4) is 0 Å². The third-order valence-electron chi connectivity index (χ3n) is 2.08. The van der Waals surface area contributed by atoms with Crippen molar-refractivity contribution in [1.29, 1.82) is 0 Å². The van der Waals surface area contributed by atoms with Gasteiger partial charge in [0.25, 0.3) is 6.43 Å². The SMILES string of the molecule is CSc1nnc(C(F)F)n1/N=C/c1ccc(C)s1. The van der Waals surface area contributed by atoms with Crippen molar-refractivity contribution in [2.45, 2.75) is 18.5 Å². The zero-order chi connectivity index (χ0) is 13.1. The average molecular weight is 288 g/mol.